The van der Waals surface area contributed by atoms with Crippen molar-refractivity contribution in [3.05, 3.63) is 94.4 Å². The van der Waals surface area contributed by atoms with Crippen LogP contribution >= 0.6 is 27.5 Å². The van der Waals surface area contributed by atoms with E-state index in [1.807, 2.05) is 48.5 Å². The van der Waals surface area contributed by atoms with E-state index in [0.29, 0.717) is 5.02 Å². The van der Waals surface area contributed by atoms with Crippen LogP contribution in [0.5, 0.6) is 0 Å². The molecule has 5 aromatic rings. The second-order valence-corrected chi connectivity index (χ2v) is 7.74. The number of fused-ring (bicyclic) bond motifs is 3. The number of halogens is 2. The minimum Gasteiger partial charge on any atom is -0.455 e. The summed E-state index contributed by atoms with van der Waals surface area (Å²) < 4.78 is 7.28. The number of hydrogen-bond donors (Lipinski definition) is 0. The summed E-state index contributed by atoms with van der Waals surface area (Å²) in [6.07, 6.45) is 0. The van der Waals surface area contributed by atoms with E-state index in [1.54, 1.807) is 0 Å². The molecular weight excluding hydrogens is 420 g/mol. The van der Waals surface area contributed by atoms with E-state index >= 15 is 0 Å². The zero-order valence-electron chi connectivity index (χ0n) is 14.2. The van der Waals surface area contributed by atoms with E-state index in [9.17, 15) is 0 Å². The predicted octanol–water partition coefficient (Wildman–Crippen LogP) is 8.34. The molecule has 0 aliphatic heterocycles. The minimum atomic E-state index is 0.710. The van der Waals surface area contributed by atoms with Crippen molar-refractivity contribution in [1.29, 1.82) is 0 Å². The van der Waals surface area contributed by atoms with E-state index in [2.05, 4.69) is 52.3 Å². The van der Waals surface area contributed by atoms with E-state index < -0.39 is 0 Å². The summed E-state index contributed by atoms with van der Waals surface area (Å²) in [5.74, 6) is 0. The van der Waals surface area contributed by atoms with Crippen LogP contribution in [0.2, 0.25) is 5.02 Å². The third-order valence-corrected chi connectivity index (χ3v) is 5.77. The van der Waals surface area contributed by atoms with Gasteiger partial charge in [0.05, 0.1) is 0 Å². The summed E-state index contributed by atoms with van der Waals surface area (Å²) in [7, 11) is 0. The van der Waals surface area contributed by atoms with Gasteiger partial charge in [0.15, 0.2) is 0 Å². The highest BCUT2D eigenvalue weighted by molar-refractivity contribution is 9.10. The molecule has 0 amide bonds. The fourth-order valence-corrected chi connectivity index (χ4v) is 4.28. The summed E-state index contributed by atoms with van der Waals surface area (Å²) in [6, 6.07) is 28.6. The standard InChI is InChI=1S/C24H14BrClO/c25-22-10-3-1-6-17(22)21-14-15(26)12-13-16(21)19-8-5-9-20-18-7-2-4-11-23(18)27-24(19)20/h1-14H. The van der Waals surface area contributed by atoms with E-state index in [4.69, 9.17) is 16.0 Å². The molecule has 0 aliphatic rings. The Hall–Kier alpha value is -2.55. The van der Waals surface area contributed by atoms with Gasteiger partial charge in [-0.3, -0.25) is 0 Å². The number of rotatable bonds is 2. The quantitative estimate of drug-likeness (QED) is 0.273. The largest absolute Gasteiger partial charge is 0.455 e. The zero-order chi connectivity index (χ0) is 18.4. The second kappa shape index (κ2) is 6.56. The molecule has 3 heteroatoms. The van der Waals surface area contributed by atoms with E-state index in [0.717, 1.165) is 48.7 Å². The van der Waals surface area contributed by atoms with Crippen LogP contribution in [0.25, 0.3) is 44.2 Å². The van der Waals surface area contributed by atoms with Crippen LogP contribution in [0, 0.1) is 0 Å². The van der Waals surface area contributed by atoms with Gasteiger partial charge in [-0.2, -0.15) is 0 Å². The number of hydrogen-bond acceptors (Lipinski definition) is 1. The average molecular weight is 434 g/mol. The van der Waals surface area contributed by atoms with Gasteiger partial charge in [-0.15, -0.1) is 0 Å². The van der Waals surface area contributed by atoms with Crippen LogP contribution in [0.4, 0.5) is 0 Å². The summed E-state index contributed by atoms with van der Waals surface area (Å²) in [4.78, 5) is 0. The van der Waals surface area contributed by atoms with Gasteiger partial charge in [0.2, 0.25) is 0 Å². The van der Waals surface area contributed by atoms with Crippen molar-refractivity contribution >= 4 is 49.5 Å². The number of para-hydroxylation sites is 2. The maximum Gasteiger partial charge on any atom is 0.143 e. The van der Waals surface area contributed by atoms with Crippen LogP contribution in [-0.4, -0.2) is 0 Å². The zero-order valence-corrected chi connectivity index (χ0v) is 16.6. The maximum absolute atomic E-state index is 6.35. The maximum atomic E-state index is 6.35. The lowest BCUT2D eigenvalue weighted by Crippen LogP contribution is -1.87. The van der Waals surface area contributed by atoms with Gasteiger partial charge < -0.3 is 4.42 Å². The molecule has 130 valence electrons. The lowest BCUT2D eigenvalue weighted by Gasteiger charge is -2.13. The van der Waals surface area contributed by atoms with E-state index in [-0.39, 0.29) is 0 Å². The fourth-order valence-electron chi connectivity index (χ4n) is 3.61. The van der Waals surface area contributed by atoms with Crippen molar-refractivity contribution < 1.29 is 4.42 Å². The number of benzene rings is 4. The molecule has 0 saturated carbocycles. The highest BCUT2D eigenvalue weighted by Gasteiger charge is 2.16. The van der Waals surface area contributed by atoms with Crippen LogP contribution in [0.15, 0.2) is 93.8 Å². The normalized spacial score (nSPS) is 11.3. The molecule has 1 nitrogen and oxygen atoms in total. The molecule has 0 fully saturated rings. The predicted molar refractivity (Wildman–Crippen MR) is 117 cm³/mol. The highest BCUT2D eigenvalue weighted by Crippen LogP contribution is 2.42. The smallest absolute Gasteiger partial charge is 0.143 e. The van der Waals surface area contributed by atoms with Gasteiger partial charge >= 0.3 is 0 Å². The second-order valence-electron chi connectivity index (χ2n) is 6.45. The first-order valence-corrected chi connectivity index (χ1v) is 9.84. The average Bonchev–Trinajstić information content (AvgIpc) is 3.07. The Kier molecular flexibility index (Phi) is 4.04. The van der Waals surface area contributed by atoms with Crippen molar-refractivity contribution in [3.8, 4) is 22.3 Å². The molecule has 0 unspecified atom stereocenters. The first-order chi connectivity index (χ1) is 13.2. The van der Waals surface area contributed by atoms with Gasteiger partial charge in [0, 0.05) is 25.8 Å². The highest BCUT2D eigenvalue weighted by atomic mass is 79.9. The third-order valence-electron chi connectivity index (χ3n) is 4.84. The van der Waals surface area contributed by atoms with Crippen molar-refractivity contribution in [2.45, 2.75) is 0 Å². The van der Waals surface area contributed by atoms with Gasteiger partial charge in [-0.25, -0.2) is 0 Å². The van der Waals surface area contributed by atoms with E-state index in [1.165, 1.54) is 0 Å². The first kappa shape index (κ1) is 16.6. The molecule has 0 aliphatic carbocycles. The molecule has 1 aromatic heterocycles. The molecule has 27 heavy (non-hydrogen) atoms. The summed E-state index contributed by atoms with van der Waals surface area (Å²) >= 11 is 10.0. The SMILES string of the molecule is Clc1ccc(-c2cccc3c2oc2ccccc23)c(-c2ccccc2Br)c1. The van der Waals surface area contributed by atoms with Crippen LogP contribution < -0.4 is 0 Å². The van der Waals surface area contributed by atoms with Crippen molar-refractivity contribution in [2.75, 3.05) is 0 Å². The lowest BCUT2D eigenvalue weighted by atomic mass is 9.93. The minimum absolute atomic E-state index is 0.710. The third kappa shape index (κ3) is 2.77. The Morgan fingerprint density at radius 3 is 2.26 bits per heavy atom. The molecule has 5 rings (SSSR count). The first-order valence-electron chi connectivity index (χ1n) is 8.67. The van der Waals surface area contributed by atoms with Crippen molar-refractivity contribution in [1.82, 2.24) is 0 Å². The molecule has 0 spiro atoms. The molecule has 0 atom stereocenters. The summed E-state index contributed by atoms with van der Waals surface area (Å²) in [5, 5.41) is 2.96. The lowest BCUT2D eigenvalue weighted by molar-refractivity contribution is 0.670. The Labute approximate surface area is 170 Å². The Morgan fingerprint density at radius 2 is 1.37 bits per heavy atom. The number of furan rings is 1. The molecule has 0 saturated heterocycles. The fraction of sp³-hybridized carbons (Fsp3) is 0. The van der Waals surface area contributed by atoms with Crippen LogP contribution in [-0.2, 0) is 0 Å². The molecule has 0 radical (unpaired) electrons. The van der Waals surface area contributed by atoms with Gasteiger partial charge in [0.25, 0.3) is 0 Å². The van der Waals surface area contributed by atoms with Crippen LogP contribution in [0.3, 0.4) is 0 Å². The molecule has 0 N–H and O–H groups in total. The van der Waals surface area contributed by atoms with Crippen LogP contribution in [0.1, 0.15) is 0 Å². The van der Waals surface area contributed by atoms with Gasteiger partial charge in [-0.05, 0) is 41.0 Å². The Morgan fingerprint density at radius 1 is 0.630 bits per heavy atom. The Bertz CT molecular complexity index is 1300. The monoisotopic (exact) mass is 432 g/mol. The summed E-state index contributed by atoms with van der Waals surface area (Å²) in [6.45, 7) is 0. The van der Waals surface area contributed by atoms with Gasteiger partial charge in [0.1, 0.15) is 11.2 Å². The molecule has 4 aromatic carbocycles. The Balaban J connectivity index is 1.85. The molecule has 1 heterocycles. The molecule has 0 bridgehead atoms. The van der Waals surface area contributed by atoms with Gasteiger partial charge in [-0.1, -0.05) is 88.2 Å². The van der Waals surface area contributed by atoms with Crippen molar-refractivity contribution in [2.24, 2.45) is 0 Å². The van der Waals surface area contributed by atoms with Crippen molar-refractivity contribution in [3.63, 3.8) is 0 Å². The topological polar surface area (TPSA) is 13.1 Å². The summed E-state index contributed by atoms with van der Waals surface area (Å²) in [5.41, 5.74) is 6.12. The molecular formula is C24H14BrClO.